The van der Waals surface area contributed by atoms with E-state index >= 15 is 0 Å². The van der Waals surface area contributed by atoms with Gasteiger partial charge in [0.05, 0.1) is 10.5 Å². The van der Waals surface area contributed by atoms with E-state index in [9.17, 15) is 14.9 Å². The van der Waals surface area contributed by atoms with Crippen LogP contribution in [0.15, 0.2) is 18.2 Å². The standard InChI is InChI=1S/C15H21N3O3/c1-14(2)11(15(14,3)4)8-17-13(19)9-6-5-7-10(12(9)16)18(20)21/h5-7,11H,8,16H2,1-4H3,(H,17,19). The summed E-state index contributed by atoms with van der Waals surface area (Å²) in [6.45, 7) is 9.23. The van der Waals surface area contributed by atoms with Crippen LogP contribution < -0.4 is 11.1 Å². The summed E-state index contributed by atoms with van der Waals surface area (Å²) >= 11 is 0. The fourth-order valence-corrected chi connectivity index (χ4v) is 3.04. The molecule has 1 saturated carbocycles. The number of benzene rings is 1. The first-order valence-corrected chi connectivity index (χ1v) is 6.91. The van der Waals surface area contributed by atoms with Gasteiger partial charge in [-0.05, 0) is 22.8 Å². The number of nitrogens with two attached hydrogens (primary N) is 1. The van der Waals surface area contributed by atoms with E-state index < -0.39 is 4.92 Å². The van der Waals surface area contributed by atoms with Crippen molar-refractivity contribution in [1.82, 2.24) is 5.32 Å². The average Bonchev–Trinajstić information content (AvgIpc) is 2.76. The Morgan fingerprint density at radius 1 is 1.33 bits per heavy atom. The molecule has 1 aliphatic carbocycles. The fraction of sp³-hybridized carbons (Fsp3) is 0.533. The van der Waals surface area contributed by atoms with Crippen LogP contribution in [0.5, 0.6) is 0 Å². The zero-order chi connectivity index (χ0) is 16.0. The molecule has 0 atom stereocenters. The Kier molecular flexibility index (Phi) is 3.43. The summed E-state index contributed by atoms with van der Waals surface area (Å²) in [6, 6.07) is 4.26. The monoisotopic (exact) mass is 291 g/mol. The second-order valence-electron chi connectivity index (χ2n) is 6.70. The highest BCUT2D eigenvalue weighted by Gasteiger charge is 2.64. The first kappa shape index (κ1) is 15.3. The second-order valence-corrected chi connectivity index (χ2v) is 6.70. The number of rotatable bonds is 4. The molecule has 1 fully saturated rings. The van der Waals surface area contributed by atoms with Crippen LogP contribution >= 0.6 is 0 Å². The van der Waals surface area contributed by atoms with Gasteiger partial charge in [0.1, 0.15) is 5.69 Å². The van der Waals surface area contributed by atoms with Crippen molar-refractivity contribution in [1.29, 1.82) is 0 Å². The zero-order valence-electron chi connectivity index (χ0n) is 12.8. The smallest absolute Gasteiger partial charge is 0.292 e. The van der Waals surface area contributed by atoms with Crippen LogP contribution in [-0.4, -0.2) is 17.4 Å². The van der Waals surface area contributed by atoms with E-state index in [0.717, 1.165) is 0 Å². The fourth-order valence-electron chi connectivity index (χ4n) is 3.04. The highest BCUT2D eigenvalue weighted by molar-refractivity contribution is 6.01. The zero-order valence-corrected chi connectivity index (χ0v) is 12.8. The molecular weight excluding hydrogens is 270 g/mol. The molecule has 6 nitrogen and oxygen atoms in total. The van der Waals surface area contributed by atoms with Crippen molar-refractivity contribution in [2.75, 3.05) is 12.3 Å². The normalized spacial score (nSPS) is 19.0. The first-order chi connectivity index (χ1) is 9.60. The molecule has 0 spiro atoms. The van der Waals surface area contributed by atoms with Crippen molar-refractivity contribution in [3.8, 4) is 0 Å². The van der Waals surface area contributed by atoms with Gasteiger partial charge in [0.2, 0.25) is 0 Å². The van der Waals surface area contributed by atoms with Crippen LogP contribution in [0.4, 0.5) is 11.4 Å². The van der Waals surface area contributed by atoms with Gasteiger partial charge in [-0.2, -0.15) is 0 Å². The van der Waals surface area contributed by atoms with E-state index in [-0.39, 0.29) is 33.7 Å². The second kappa shape index (κ2) is 4.72. The summed E-state index contributed by atoms with van der Waals surface area (Å²) in [5, 5.41) is 13.7. The Morgan fingerprint density at radius 3 is 2.38 bits per heavy atom. The molecule has 0 heterocycles. The lowest BCUT2D eigenvalue weighted by molar-refractivity contribution is -0.383. The SMILES string of the molecule is CC1(C)C(CNC(=O)c2cccc([N+](=O)[O-])c2N)C1(C)C. The minimum absolute atomic E-state index is 0.0886. The van der Waals surface area contributed by atoms with Crippen molar-refractivity contribution in [3.05, 3.63) is 33.9 Å². The summed E-state index contributed by atoms with van der Waals surface area (Å²) in [7, 11) is 0. The molecular formula is C15H21N3O3. The maximum absolute atomic E-state index is 12.2. The number of nitro groups is 1. The van der Waals surface area contributed by atoms with Crippen molar-refractivity contribution >= 4 is 17.3 Å². The maximum atomic E-state index is 12.2. The first-order valence-electron chi connectivity index (χ1n) is 6.91. The van der Waals surface area contributed by atoms with Gasteiger partial charge in [-0.25, -0.2) is 0 Å². The molecule has 114 valence electrons. The highest BCUT2D eigenvalue weighted by Crippen LogP contribution is 2.67. The third-order valence-corrected chi connectivity index (χ3v) is 5.31. The van der Waals surface area contributed by atoms with Crippen molar-refractivity contribution in [2.24, 2.45) is 16.7 Å². The number of hydrogen-bond acceptors (Lipinski definition) is 4. The molecule has 0 aromatic heterocycles. The number of carbonyl (C=O) groups excluding carboxylic acids is 1. The lowest BCUT2D eigenvalue weighted by Crippen LogP contribution is -2.28. The summed E-state index contributed by atoms with van der Waals surface area (Å²) < 4.78 is 0. The molecule has 3 N–H and O–H groups in total. The number of amides is 1. The lowest BCUT2D eigenvalue weighted by Gasteiger charge is -2.08. The third-order valence-electron chi connectivity index (χ3n) is 5.31. The van der Waals surface area contributed by atoms with Crippen LogP contribution in [0.2, 0.25) is 0 Å². The molecule has 0 unspecified atom stereocenters. The molecule has 0 radical (unpaired) electrons. The summed E-state index contributed by atoms with van der Waals surface area (Å²) in [5.74, 6) is 0.0172. The molecule has 1 aromatic carbocycles. The summed E-state index contributed by atoms with van der Waals surface area (Å²) in [4.78, 5) is 22.4. The topological polar surface area (TPSA) is 98.3 Å². The van der Waals surface area contributed by atoms with E-state index in [1.54, 1.807) is 0 Å². The van der Waals surface area contributed by atoms with Crippen LogP contribution in [0, 0.1) is 26.9 Å². The van der Waals surface area contributed by atoms with E-state index in [4.69, 9.17) is 5.73 Å². The molecule has 1 aliphatic rings. The highest BCUT2D eigenvalue weighted by atomic mass is 16.6. The van der Waals surface area contributed by atoms with Crippen molar-refractivity contribution in [3.63, 3.8) is 0 Å². The predicted molar refractivity (Wildman–Crippen MR) is 80.9 cm³/mol. The number of nitrogen functional groups attached to an aromatic ring is 1. The quantitative estimate of drug-likeness (QED) is 0.506. The predicted octanol–water partition coefficient (Wildman–Crippen LogP) is 2.59. The Hall–Kier alpha value is -2.11. The minimum Gasteiger partial charge on any atom is -0.393 e. The summed E-state index contributed by atoms with van der Waals surface area (Å²) in [5.41, 5.74) is 5.89. The number of nitrogens with one attached hydrogen (secondary N) is 1. The van der Waals surface area contributed by atoms with Gasteiger partial charge in [-0.15, -0.1) is 0 Å². The molecule has 1 amide bonds. The Bertz CT molecular complexity index is 594. The number of nitro benzene ring substituents is 1. The Balaban J connectivity index is 2.09. The summed E-state index contributed by atoms with van der Waals surface area (Å²) in [6.07, 6.45) is 0. The molecule has 1 aromatic rings. The molecule has 0 saturated heterocycles. The molecule has 6 heteroatoms. The van der Waals surface area contributed by atoms with Crippen LogP contribution in [0.1, 0.15) is 38.1 Å². The van der Waals surface area contributed by atoms with Gasteiger partial charge in [0.25, 0.3) is 11.6 Å². The average molecular weight is 291 g/mol. The minimum atomic E-state index is -0.584. The van der Waals surface area contributed by atoms with Crippen molar-refractivity contribution < 1.29 is 9.72 Å². The maximum Gasteiger partial charge on any atom is 0.292 e. The number of hydrogen-bond donors (Lipinski definition) is 2. The lowest BCUT2D eigenvalue weighted by atomic mass is 10.0. The number of para-hydroxylation sites is 1. The van der Waals surface area contributed by atoms with Gasteiger partial charge in [0.15, 0.2) is 0 Å². The van der Waals surface area contributed by atoms with Crippen LogP contribution in [0.3, 0.4) is 0 Å². The van der Waals surface area contributed by atoms with Crippen LogP contribution in [0.25, 0.3) is 0 Å². The van der Waals surface area contributed by atoms with Gasteiger partial charge in [-0.1, -0.05) is 33.8 Å². The largest absolute Gasteiger partial charge is 0.393 e. The van der Waals surface area contributed by atoms with E-state index in [1.807, 2.05) is 0 Å². The van der Waals surface area contributed by atoms with Crippen molar-refractivity contribution in [2.45, 2.75) is 27.7 Å². The van der Waals surface area contributed by atoms with Crippen LogP contribution in [-0.2, 0) is 0 Å². The molecule has 0 aliphatic heterocycles. The number of nitrogens with zero attached hydrogens (tertiary/aromatic N) is 1. The van der Waals surface area contributed by atoms with E-state index in [1.165, 1.54) is 18.2 Å². The number of anilines is 1. The molecule has 2 rings (SSSR count). The third kappa shape index (κ3) is 2.34. The number of carbonyl (C=O) groups is 1. The molecule has 0 bridgehead atoms. The van der Waals surface area contributed by atoms with Gasteiger partial charge >= 0.3 is 0 Å². The van der Waals surface area contributed by atoms with Gasteiger partial charge in [-0.3, -0.25) is 14.9 Å². The van der Waals surface area contributed by atoms with E-state index in [0.29, 0.717) is 12.5 Å². The van der Waals surface area contributed by atoms with E-state index in [2.05, 4.69) is 33.0 Å². The van der Waals surface area contributed by atoms with Gasteiger partial charge in [0, 0.05) is 12.6 Å². The van der Waals surface area contributed by atoms with Gasteiger partial charge < -0.3 is 11.1 Å². The Morgan fingerprint density at radius 2 is 1.90 bits per heavy atom. The Labute approximate surface area is 123 Å². The molecule has 21 heavy (non-hydrogen) atoms.